The summed E-state index contributed by atoms with van der Waals surface area (Å²) in [4.78, 5) is 25.4. The molecule has 1 rings (SSSR count). The van der Waals surface area contributed by atoms with Crippen LogP contribution in [0.3, 0.4) is 0 Å². The lowest BCUT2D eigenvalue weighted by atomic mass is 9.82. The molecule has 0 spiro atoms. The minimum absolute atomic E-state index is 0.121. The molecule has 2 amide bonds. The Morgan fingerprint density at radius 1 is 1.24 bits per heavy atom. The molecule has 0 aromatic rings. The van der Waals surface area contributed by atoms with Crippen LogP contribution >= 0.6 is 0 Å². The lowest BCUT2D eigenvalue weighted by Gasteiger charge is -2.35. The van der Waals surface area contributed by atoms with Crippen molar-refractivity contribution in [3.8, 4) is 0 Å². The molecule has 0 aromatic carbocycles. The number of urea groups is 1. The number of carboxylic acids is 1. The first kappa shape index (κ1) is 17.8. The number of nitrogens with zero attached hydrogens (tertiary/aromatic N) is 1. The van der Waals surface area contributed by atoms with E-state index in [4.69, 9.17) is 0 Å². The fourth-order valence-corrected chi connectivity index (χ4v) is 3.00. The van der Waals surface area contributed by atoms with Crippen molar-refractivity contribution < 1.29 is 14.7 Å². The van der Waals surface area contributed by atoms with Gasteiger partial charge in [0, 0.05) is 19.6 Å². The molecule has 0 aromatic heterocycles. The Morgan fingerprint density at radius 2 is 1.76 bits per heavy atom. The highest BCUT2D eigenvalue weighted by atomic mass is 16.4. The maximum atomic E-state index is 12.2. The summed E-state index contributed by atoms with van der Waals surface area (Å²) in [6.45, 7) is 9.92. The molecule has 1 saturated heterocycles. The molecule has 0 atom stereocenters. The summed E-state index contributed by atoms with van der Waals surface area (Å²) in [6.07, 6.45) is 3.12. The summed E-state index contributed by atoms with van der Waals surface area (Å²) >= 11 is 0. The van der Waals surface area contributed by atoms with E-state index in [1.165, 1.54) is 0 Å². The van der Waals surface area contributed by atoms with Crippen molar-refractivity contribution >= 4 is 12.0 Å². The van der Waals surface area contributed by atoms with E-state index in [9.17, 15) is 14.7 Å². The third kappa shape index (κ3) is 4.35. The van der Waals surface area contributed by atoms with Gasteiger partial charge in [0.15, 0.2) is 0 Å². The van der Waals surface area contributed by atoms with Crippen molar-refractivity contribution in [2.45, 2.75) is 53.4 Å². The van der Waals surface area contributed by atoms with Gasteiger partial charge in [-0.15, -0.1) is 0 Å². The third-order valence-corrected chi connectivity index (χ3v) is 5.15. The van der Waals surface area contributed by atoms with Gasteiger partial charge < -0.3 is 15.3 Å². The van der Waals surface area contributed by atoms with Crippen molar-refractivity contribution in [3.63, 3.8) is 0 Å². The Morgan fingerprint density at radius 3 is 2.14 bits per heavy atom. The number of carboxylic acid groups (broad SMARTS) is 1. The summed E-state index contributed by atoms with van der Waals surface area (Å²) in [5.41, 5.74) is -0.841. The summed E-state index contributed by atoms with van der Waals surface area (Å²) in [7, 11) is 0. The molecule has 5 nitrogen and oxygen atoms in total. The fraction of sp³-hybridized carbons (Fsp3) is 0.875. The lowest BCUT2D eigenvalue weighted by molar-refractivity contribution is -0.149. The molecule has 0 saturated carbocycles. The van der Waals surface area contributed by atoms with E-state index in [0.29, 0.717) is 24.7 Å². The monoisotopic (exact) mass is 298 g/mol. The number of hydrogen-bond acceptors (Lipinski definition) is 2. The smallest absolute Gasteiger partial charge is 0.317 e. The minimum atomic E-state index is -0.841. The van der Waals surface area contributed by atoms with E-state index in [0.717, 1.165) is 25.9 Å². The Labute approximate surface area is 128 Å². The van der Waals surface area contributed by atoms with Gasteiger partial charge in [-0.1, -0.05) is 27.7 Å². The van der Waals surface area contributed by atoms with Gasteiger partial charge in [-0.25, -0.2) is 4.79 Å². The Kier molecular flexibility index (Phi) is 6.49. The summed E-state index contributed by atoms with van der Waals surface area (Å²) in [6, 6.07) is -0.121. The van der Waals surface area contributed by atoms with Gasteiger partial charge in [-0.3, -0.25) is 4.79 Å². The molecule has 1 aliphatic rings. The lowest BCUT2D eigenvalue weighted by Crippen LogP contribution is -2.49. The van der Waals surface area contributed by atoms with Crippen molar-refractivity contribution in [3.05, 3.63) is 0 Å². The van der Waals surface area contributed by atoms with Crippen LogP contribution in [0.5, 0.6) is 0 Å². The average Bonchev–Trinajstić information content (AvgIpc) is 2.48. The number of carbonyl (C=O) groups excluding carboxylic acids is 1. The highest BCUT2D eigenvalue weighted by Crippen LogP contribution is 2.27. The molecular formula is C16H30N2O3. The van der Waals surface area contributed by atoms with E-state index in [1.54, 1.807) is 0 Å². The predicted molar refractivity (Wildman–Crippen MR) is 83.2 cm³/mol. The van der Waals surface area contributed by atoms with Gasteiger partial charge in [0.05, 0.1) is 5.41 Å². The van der Waals surface area contributed by atoms with Crippen LogP contribution in [-0.2, 0) is 4.79 Å². The van der Waals surface area contributed by atoms with E-state index < -0.39 is 11.4 Å². The van der Waals surface area contributed by atoms with Crippen LogP contribution < -0.4 is 5.32 Å². The third-order valence-electron chi connectivity index (χ3n) is 5.15. The number of hydrogen-bond donors (Lipinski definition) is 2. The van der Waals surface area contributed by atoms with Gasteiger partial charge in [-0.2, -0.15) is 0 Å². The second-order valence-corrected chi connectivity index (χ2v) is 6.52. The van der Waals surface area contributed by atoms with E-state index in [1.807, 2.05) is 18.7 Å². The molecule has 2 N–H and O–H groups in total. The van der Waals surface area contributed by atoms with E-state index in [-0.39, 0.29) is 12.6 Å². The number of nitrogens with one attached hydrogen (secondary N) is 1. The summed E-state index contributed by atoms with van der Waals surface area (Å²) in [5.74, 6) is 0.528. The number of aliphatic carboxylic acids is 1. The number of likely N-dealkylation sites (tertiary alicyclic amines) is 1. The van der Waals surface area contributed by atoms with Crippen LogP contribution in [0.15, 0.2) is 0 Å². The molecule has 0 aliphatic carbocycles. The fourth-order valence-electron chi connectivity index (χ4n) is 3.00. The summed E-state index contributed by atoms with van der Waals surface area (Å²) < 4.78 is 0. The zero-order chi connectivity index (χ0) is 16.0. The number of amides is 2. The number of carbonyl (C=O) groups is 2. The van der Waals surface area contributed by atoms with Gasteiger partial charge in [-0.05, 0) is 37.5 Å². The van der Waals surface area contributed by atoms with Crippen LogP contribution in [0.2, 0.25) is 0 Å². The Bertz CT molecular complexity index is 357. The molecule has 1 aliphatic heterocycles. The molecule has 0 unspecified atom stereocenters. The highest BCUT2D eigenvalue weighted by Gasteiger charge is 2.35. The van der Waals surface area contributed by atoms with Gasteiger partial charge in [0.25, 0.3) is 0 Å². The van der Waals surface area contributed by atoms with Crippen molar-refractivity contribution in [1.82, 2.24) is 10.2 Å². The second-order valence-electron chi connectivity index (χ2n) is 6.52. The topological polar surface area (TPSA) is 69.6 Å². The summed E-state index contributed by atoms with van der Waals surface area (Å²) in [5, 5.41) is 12.2. The van der Waals surface area contributed by atoms with Gasteiger partial charge in [0.1, 0.15) is 0 Å². The normalized spacial score (nSPS) is 17.1. The standard InChI is InChI=1S/C16H30N2O3/c1-5-16(6-2,14(19)20)11-17-15(21)18-9-7-13(8-10-18)12(3)4/h12-13H,5-11H2,1-4H3,(H,17,21)(H,19,20). The number of piperidine rings is 1. The Hall–Kier alpha value is -1.26. The van der Waals surface area contributed by atoms with Crippen molar-refractivity contribution in [2.75, 3.05) is 19.6 Å². The van der Waals surface area contributed by atoms with Crippen LogP contribution in [0, 0.1) is 17.3 Å². The number of rotatable bonds is 6. The van der Waals surface area contributed by atoms with Crippen LogP contribution in [0.25, 0.3) is 0 Å². The van der Waals surface area contributed by atoms with E-state index >= 15 is 0 Å². The first-order chi connectivity index (χ1) is 9.86. The SMILES string of the molecule is CCC(CC)(CNC(=O)N1CCC(C(C)C)CC1)C(=O)O. The maximum absolute atomic E-state index is 12.2. The largest absolute Gasteiger partial charge is 0.481 e. The average molecular weight is 298 g/mol. The first-order valence-electron chi connectivity index (χ1n) is 8.12. The van der Waals surface area contributed by atoms with Crippen molar-refractivity contribution in [2.24, 2.45) is 17.3 Å². The molecule has 122 valence electrons. The van der Waals surface area contributed by atoms with Crippen LogP contribution in [-0.4, -0.2) is 41.6 Å². The quantitative estimate of drug-likeness (QED) is 0.792. The molecule has 21 heavy (non-hydrogen) atoms. The van der Waals surface area contributed by atoms with Crippen LogP contribution in [0.1, 0.15) is 53.4 Å². The zero-order valence-corrected chi connectivity index (χ0v) is 13.8. The minimum Gasteiger partial charge on any atom is -0.481 e. The molecule has 1 heterocycles. The molecular weight excluding hydrogens is 268 g/mol. The Balaban J connectivity index is 2.49. The zero-order valence-electron chi connectivity index (χ0n) is 13.8. The molecule has 1 fully saturated rings. The maximum Gasteiger partial charge on any atom is 0.317 e. The molecule has 5 heteroatoms. The predicted octanol–water partition coefficient (Wildman–Crippen LogP) is 2.96. The van der Waals surface area contributed by atoms with E-state index in [2.05, 4.69) is 19.2 Å². The van der Waals surface area contributed by atoms with Crippen LogP contribution in [0.4, 0.5) is 4.79 Å². The molecule has 0 radical (unpaired) electrons. The van der Waals surface area contributed by atoms with Gasteiger partial charge in [0.2, 0.25) is 0 Å². The van der Waals surface area contributed by atoms with Gasteiger partial charge >= 0.3 is 12.0 Å². The second kappa shape index (κ2) is 7.66. The first-order valence-corrected chi connectivity index (χ1v) is 8.12. The van der Waals surface area contributed by atoms with Crippen molar-refractivity contribution in [1.29, 1.82) is 0 Å². The molecule has 0 bridgehead atoms. The highest BCUT2D eigenvalue weighted by molar-refractivity contribution is 5.78.